The molecule has 4 aromatic rings. The van der Waals surface area contributed by atoms with Gasteiger partial charge in [-0.1, -0.05) is 30.2 Å². The molecule has 0 aliphatic heterocycles. The number of thiazole rings is 1. The highest BCUT2D eigenvalue weighted by molar-refractivity contribution is 7.22. The first-order valence-electron chi connectivity index (χ1n) is 9.38. The first kappa shape index (κ1) is 16.6. The molecule has 3 heterocycles. The summed E-state index contributed by atoms with van der Waals surface area (Å²) < 4.78 is 1.15. The van der Waals surface area contributed by atoms with Crippen molar-refractivity contribution in [2.24, 2.45) is 0 Å². The van der Waals surface area contributed by atoms with Gasteiger partial charge < -0.3 is 15.4 Å². The zero-order valence-electron chi connectivity index (χ0n) is 14.9. The SMILES string of the molecule is OC1CCCCC1Nc1nc2ccc(Cc3nc4ncccc4[nH]3)cc2s1. The van der Waals surface area contributed by atoms with E-state index < -0.39 is 0 Å². The van der Waals surface area contributed by atoms with Gasteiger partial charge in [-0.25, -0.2) is 15.0 Å². The lowest BCUT2D eigenvalue weighted by atomic mass is 9.93. The third kappa shape index (κ3) is 3.40. The number of nitrogens with one attached hydrogen (secondary N) is 2. The van der Waals surface area contributed by atoms with E-state index in [1.807, 2.05) is 12.1 Å². The second-order valence-electron chi connectivity index (χ2n) is 7.16. The Bertz CT molecular complexity index is 1060. The summed E-state index contributed by atoms with van der Waals surface area (Å²) in [5.41, 5.74) is 3.89. The number of aliphatic hydroxyl groups excluding tert-OH is 1. The average molecular weight is 379 g/mol. The van der Waals surface area contributed by atoms with Crippen molar-refractivity contribution < 1.29 is 5.11 Å². The molecular formula is C20H21N5OS. The molecule has 1 saturated carbocycles. The van der Waals surface area contributed by atoms with Gasteiger partial charge in [-0.05, 0) is 42.7 Å². The highest BCUT2D eigenvalue weighted by atomic mass is 32.1. The summed E-state index contributed by atoms with van der Waals surface area (Å²) in [6, 6.07) is 10.3. The number of imidazole rings is 1. The Morgan fingerprint density at radius 1 is 1.19 bits per heavy atom. The van der Waals surface area contributed by atoms with Crippen molar-refractivity contribution in [1.29, 1.82) is 0 Å². The highest BCUT2D eigenvalue weighted by Gasteiger charge is 2.23. The molecule has 1 aliphatic carbocycles. The van der Waals surface area contributed by atoms with Gasteiger partial charge in [-0.15, -0.1) is 0 Å². The van der Waals surface area contributed by atoms with Gasteiger partial charge in [0.15, 0.2) is 10.8 Å². The standard InChI is InChI=1S/C20H21N5OS/c26-16-6-2-1-4-13(16)23-20-24-14-8-7-12(10-17(14)27-20)11-18-22-15-5-3-9-21-19(15)25-18/h3,5,7-10,13,16,26H,1-2,4,6,11H2,(H,23,24)(H,21,22,25). The summed E-state index contributed by atoms with van der Waals surface area (Å²) >= 11 is 1.65. The largest absolute Gasteiger partial charge is 0.391 e. The maximum absolute atomic E-state index is 10.2. The number of fused-ring (bicyclic) bond motifs is 2. The number of nitrogens with zero attached hydrogens (tertiary/aromatic N) is 3. The van der Waals surface area contributed by atoms with Crippen molar-refractivity contribution in [3.63, 3.8) is 0 Å². The molecule has 3 aromatic heterocycles. The van der Waals surface area contributed by atoms with Crippen LogP contribution in [-0.2, 0) is 6.42 Å². The molecule has 0 spiro atoms. The third-order valence-electron chi connectivity index (χ3n) is 5.17. The zero-order valence-corrected chi connectivity index (χ0v) is 15.7. The molecule has 2 unspecified atom stereocenters. The van der Waals surface area contributed by atoms with Crippen molar-refractivity contribution >= 4 is 37.8 Å². The molecule has 1 aromatic carbocycles. The quantitative estimate of drug-likeness (QED) is 0.501. The predicted molar refractivity (Wildman–Crippen MR) is 108 cm³/mol. The van der Waals surface area contributed by atoms with E-state index in [2.05, 4.69) is 43.5 Å². The Hall–Kier alpha value is -2.51. The molecule has 2 atom stereocenters. The van der Waals surface area contributed by atoms with Gasteiger partial charge in [0.1, 0.15) is 5.82 Å². The monoisotopic (exact) mass is 379 g/mol. The van der Waals surface area contributed by atoms with Crippen LogP contribution in [0.25, 0.3) is 21.4 Å². The Balaban J connectivity index is 1.36. The van der Waals surface area contributed by atoms with Crippen LogP contribution in [0.2, 0.25) is 0 Å². The minimum atomic E-state index is -0.275. The Labute approximate surface area is 160 Å². The van der Waals surface area contributed by atoms with Crippen molar-refractivity contribution in [1.82, 2.24) is 19.9 Å². The van der Waals surface area contributed by atoms with Crippen LogP contribution in [0.1, 0.15) is 37.1 Å². The zero-order chi connectivity index (χ0) is 18.2. The van der Waals surface area contributed by atoms with Gasteiger partial charge in [0, 0.05) is 12.6 Å². The molecule has 0 saturated heterocycles. The highest BCUT2D eigenvalue weighted by Crippen LogP contribution is 2.30. The molecule has 1 fully saturated rings. The molecule has 0 amide bonds. The van der Waals surface area contributed by atoms with Crippen molar-refractivity contribution in [2.45, 2.75) is 44.2 Å². The van der Waals surface area contributed by atoms with Crippen LogP contribution >= 0.6 is 11.3 Å². The first-order chi connectivity index (χ1) is 13.2. The summed E-state index contributed by atoms with van der Waals surface area (Å²) in [5, 5.41) is 14.5. The Kier molecular flexibility index (Phi) is 4.26. The van der Waals surface area contributed by atoms with Gasteiger partial charge >= 0.3 is 0 Å². The molecule has 5 rings (SSSR count). The van der Waals surface area contributed by atoms with Gasteiger partial charge in [0.2, 0.25) is 0 Å². The van der Waals surface area contributed by atoms with Gasteiger partial charge in [0.05, 0.1) is 27.9 Å². The minimum Gasteiger partial charge on any atom is -0.391 e. The molecule has 138 valence electrons. The van der Waals surface area contributed by atoms with E-state index in [1.54, 1.807) is 17.5 Å². The number of anilines is 1. The van der Waals surface area contributed by atoms with Gasteiger partial charge in [-0.2, -0.15) is 0 Å². The summed E-state index contributed by atoms with van der Waals surface area (Å²) in [5.74, 6) is 0.913. The summed E-state index contributed by atoms with van der Waals surface area (Å²) in [6.45, 7) is 0. The molecule has 27 heavy (non-hydrogen) atoms. The fourth-order valence-electron chi connectivity index (χ4n) is 3.75. The number of hydrogen-bond acceptors (Lipinski definition) is 6. The van der Waals surface area contributed by atoms with Crippen LogP contribution in [-0.4, -0.2) is 37.2 Å². The van der Waals surface area contributed by atoms with Crippen LogP contribution in [0, 0.1) is 0 Å². The normalized spacial score (nSPS) is 20.3. The summed E-state index contributed by atoms with van der Waals surface area (Å²) in [7, 11) is 0. The van der Waals surface area contributed by atoms with E-state index in [1.165, 1.54) is 5.56 Å². The molecule has 0 radical (unpaired) electrons. The lowest BCUT2D eigenvalue weighted by Crippen LogP contribution is -2.36. The second kappa shape index (κ2) is 6.90. The molecule has 1 aliphatic rings. The van der Waals surface area contributed by atoms with Gasteiger partial charge in [0.25, 0.3) is 0 Å². The van der Waals surface area contributed by atoms with Crippen LogP contribution in [0.4, 0.5) is 5.13 Å². The number of H-pyrrole nitrogens is 1. The average Bonchev–Trinajstić information content (AvgIpc) is 3.26. The predicted octanol–water partition coefficient (Wildman–Crippen LogP) is 3.87. The topological polar surface area (TPSA) is 86.7 Å². The van der Waals surface area contributed by atoms with E-state index in [0.29, 0.717) is 0 Å². The van der Waals surface area contributed by atoms with Crippen LogP contribution < -0.4 is 5.32 Å². The van der Waals surface area contributed by atoms with Crippen molar-refractivity contribution in [3.8, 4) is 0 Å². The van der Waals surface area contributed by atoms with E-state index in [-0.39, 0.29) is 12.1 Å². The molecule has 0 bridgehead atoms. The van der Waals surface area contributed by atoms with Crippen LogP contribution in [0.15, 0.2) is 36.5 Å². The van der Waals surface area contributed by atoms with E-state index in [9.17, 15) is 5.11 Å². The third-order valence-corrected chi connectivity index (χ3v) is 6.12. The van der Waals surface area contributed by atoms with Crippen molar-refractivity contribution in [3.05, 3.63) is 47.9 Å². The maximum atomic E-state index is 10.2. The van der Waals surface area contributed by atoms with E-state index in [4.69, 9.17) is 0 Å². The maximum Gasteiger partial charge on any atom is 0.184 e. The Morgan fingerprint density at radius 2 is 2.11 bits per heavy atom. The summed E-state index contributed by atoms with van der Waals surface area (Å²) in [4.78, 5) is 16.9. The fraction of sp³-hybridized carbons (Fsp3) is 0.350. The van der Waals surface area contributed by atoms with E-state index in [0.717, 1.165) is 64.4 Å². The number of benzene rings is 1. The minimum absolute atomic E-state index is 0.113. The molecular weight excluding hydrogens is 358 g/mol. The first-order valence-corrected chi connectivity index (χ1v) is 10.2. The number of rotatable bonds is 4. The van der Waals surface area contributed by atoms with Crippen LogP contribution in [0.5, 0.6) is 0 Å². The molecule has 6 nitrogen and oxygen atoms in total. The van der Waals surface area contributed by atoms with Crippen LogP contribution in [0.3, 0.4) is 0 Å². The molecule has 3 N–H and O–H groups in total. The van der Waals surface area contributed by atoms with Gasteiger partial charge in [-0.3, -0.25) is 0 Å². The fourth-order valence-corrected chi connectivity index (χ4v) is 4.74. The second-order valence-corrected chi connectivity index (χ2v) is 8.19. The number of aliphatic hydroxyl groups is 1. The summed E-state index contributed by atoms with van der Waals surface area (Å²) in [6.07, 6.45) is 6.36. The smallest absolute Gasteiger partial charge is 0.184 e. The Morgan fingerprint density at radius 3 is 3.00 bits per heavy atom. The number of pyridine rings is 1. The molecule has 7 heteroatoms. The number of hydrogen-bond donors (Lipinski definition) is 3. The van der Waals surface area contributed by atoms with Crippen molar-refractivity contribution in [2.75, 3.05) is 5.32 Å². The number of aromatic amines is 1. The number of aromatic nitrogens is 4. The van der Waals surface area contributed by atoms with E-state index >= 15 is 0 Å². The lowest BCUT2D eigenvalue weighted by Gasteiger charge is -2.27. The lowest BCUT2D eigenvalue weighted by molar-refractivity contribution is 0.116.